The molecule has 0 bridgehead atoms. The highest BCUT2D eigenvalue weighted by Crippen LogP contribution is 1.99. The Morgan fingerprint density at radius 1 is 1.38 bits per heavy atom. The largest absolute Gasteiger partial charge is 0.477 e. The third-order valence-electron chi connectivity index (χ3n) is 1.44. The van der Waals surface area contributed by atoms with Gasteiger partial charge in [0.2, 0.25) is 0 Å². The first-order chi connectivity index (χ1) is 6.15. The number of carbonyl (C=O) groups is 2. The maximum Gasteiger partial charge on any atom is 0.354 e. The smallest absolute Gasteiger partial charge is 0.354 e. The molecular weight excluding hydrogens is 172 g/mol. The first-order valence-corrected chi connectivity index (χ1v) is 3.58. The van der Waals surface area contributed by atoms with Gasteiger partial charge in [0.1, 0.15) is 11.4 Å². The van der Waals surface area contributed by atoms with Gasteiger partial charge in [0, 0.05) is 0 Å². The summed E-state index contributed by atoms with van der Waals surface area (Å²) in [6.07, 6.45) is 0. The van der Waals surface area contributed by atoms with E-state index in [4.69, 9.17) is 10.8 Å². The lowest BCUT2D eigenvalue weighted by Crippen LogP contribution is -2.16. The van der Waals surface area contributed by atoms with Crippen molar-refractivity contribution in [2.24, 2.45) is 5.73 Å². The molecule has 0 atom stereocenters. The molecule has 5 nitrogen and oxygen atoms in total. The number of aromatic nitrogens is 1. The molecule has 0 radical (unpaired) electrons. The number of hydrogen-bond acceptors (Lipinski definition) is 4. The third kappa shape index (κ3) is 2.09. The van der Waals surface area contributed by atoms with Gasteiger partial charge in [-0.3, -0.25) is 4.79 Å². The molecule has 1 rings (SSSR count). The van der Waals surface area contributed by atoms with Gasteiger partial charge < -0.3 is 10.8 Å². The van der Waals surface area contributed by atoms with Crippen molar-refractivity contribution in [3.63, 3.8) is 0 Å². The van der Waals surface area contributed by atoms with E-state index in [1.54, 1.807) is 0 Å². The highest BCUT2D eigenvalue weighted by molar-refractivity contribution is 5.96. The Morgan fingerprint density at radius 2 is 2.00 bits per heavy atom. The highest BCUT2D eigenvalue weighted by Gasteiger charge is 2.09. The quantitative estimate of drug-likeness (QED) is 0.634. The molecule has 68 valence electrons. The van der Waals surface area contributed by atoms with Crippen LogP contribution in [0.25, 0.3) is 0 Å². The minimum absolute atomic E-state index is 0.0856. The van der Waals surface area contributed by atoms with Crippen LogP contribution in [0.5, 0.6) is 0 Å². The number of carboxylic acid groups (broad SMARTS) is 1. The summed E-state index contributed by atoms with van der Waals surface area (Å²) >= 11 is 0. The zero-order valence-corrected chi connectivity index (χ0v) is 6.73. The molecule has 13 heavy (non-hydrogen) atoms. The zero-order chi connectivity index (χ0) is 9.84. The lowest BCUT2D eigenvalue weighted by atomic mass is 10.2. The highest BCUT2D eigenvalue weighted by atomic mass is 16.4. The van der Waals surface area contributed by atoms with Gasteiger partial charge in [-0.1, -0.05) is 6.07 Å². The zero-order valence-electron chi connectivity index (χ0n) is 6.73. The molecule has 0 saturated heterocycles. The number of carboxylic acids is 1. The average molecular weight is 180 g/mol. The van der Waals surface area contributed by atoms with Crippen LogP contribution in [-0.2, 0) is 0 Å². The fourth-order valence-corrected chi connectivity index (χ4v) is 0.814. The molecule has 0 saturated carbocycles. The molecule has 0 aliphatic heterocycles. The second-order valence-corrected chi connectivity index (χ2v) is 2.34. The Labute approximate surface area is 74.2 Å². The van der Waals surface area contributed by atoms with Crippen LogP contribution in [0.4, 0.5) is 0 Å². The number of ketones is 1. The number of aromatic carboxylic acids is 1. The van der Waals surface area contributed by atoms with E-state index in [9.17, 15) is 9.59 Å². The maximum absolute atomic E-state index is 11.0. The lowest BCUT2D eigenvalue weighted by Gasteiger charge is -1.97. The molecule has 0 unspecified atom stereocenters. The number of rotatable bonds is 3. The van der Waals surface area contributed by atoms with Gasteiger partial charge in [0.05, 0.1) is 6.54 Å². The Balaban J connectivity index is 3.05. The van der Waals surface area contributed by atoms with E-state index in [1.165, 1.54) is 18.2 Å². The van der Waals surface area contributed by atoms with Gasteiger partial charge in [-0.05, 0) is 12.1 Å². The first-order valence-electron chi connectivity index (χ1n) is 3.58. The van der Waals surface area contributed by atoms with Crippen LogP contribution < -0.4 is 5.73 Å². The average Bonchev–Trinajstić information content (AvgIpc) is 2.17. The molecule has 5 heteroatoms. The van der Waals surface area contributed by atoms with Crippen molar-refractivity contribution in [3.05, 3.63) is 29.6 Å². The van der Waals surface area contributed by atoms with Crippen molar-refractivity contribution in [3.8, 4) is 0 Å². The van der Waals surface area contributed by atoms with Crippen LogP contribution >= 0.6 is 0 Å². The van der Waals surface area contributed by atoms with Crippen molar-refractivity contribution >= 4 is 11.8 Å². The van der Waals surface area contributed by atoms with Gasteiger partial charge in [-0.2, -0.15) is 0 Å². The molecule has 1 heterocycles. The van der Waals surface area contributed by atoms with E-state index >= 15 is 0 Å². The molecule has 0 aliphatic rings. The number of nitrogens with two attached hydrogens (primary N) is 1. The molecular formula is C8H8N2O3. The first kappa shape index (κ1) is 9.34. The summed E-state index contributed by atoms with van der Waals surface area (Å²) in [4.78, 5) is 25.1. The Bertz CT molecular complexity index is 349. The fraction of sp³-hybridized carbons (Fsp3) is 0.125. The van der Waals surface area contributed by atoms with Crippen LogP contribution in [-0.4, -0.2) is 28.4 Å². The normalized spacial score (nSPS) is 9.62. The van der Waals surface area contributed by atoms with Crippen molar-refractivity contribution in [2.45, 2.75) is 0 Å². The molecule has 1 aromatic heterocycles. The second-order valence-electron chi connectivity index (χ2n) is 2.34. The minimum Gasteiger partial charge on any atom is -0.477 e. The van der Waals surface area contributed by atoms with Gasteiger partial charge >= 0.3 is 5.97 Å². The van der Waals surface area contributed by atoms with E-state index in [2.05, 4.69) is 4.98 Å². The number of carbonyl (C=O) groups excluding carboxylic acids is 1. The molecule has 0 fully saturated rings. The van der Waals surface area contributed by atoms with Crippen LogP contribution in [0, 0.1) is 0 Å². The Hall–Kier alpha value is -1.75. The summed E-state index contributed by atoms with van der Waals surface area (Å²) < 4.78 is 0. The van der Waals surface area contributed by atoms with Crippen LogP contribution in [0.3, 0.4) is 0 Å². The monoisotopic (exact) mass is 180 g/mol. The predicted octanol–water partition coefficient (Wildman–Crippen LogP) is -0.0788. The van der Waals surface area contributed by atoms with Crippen molar-refractivity contribution in [2.75, 3.05) is 6.54 Å². The SMILES string of the molecule is NCC(=O)c1cccc(C(=O)O)n1. The topological polar surface area (TPSA) is 93.3 Å². The van der Waals surface area contributed by atoms with Gasteiger partial charge in [-0.15, -0.1) is 0 Å². The summed E-state index contributed by atoms with van der Waals surface area (Å²) in [5, 5.41) is 8.56. The summed E-state index contributed by atoms with van der Waals surface area (Å²) in [5.41, 5.74) is 5.03. The Morgan fingerprint density at radius 3 is 2.54 bits per heavy atom. The van der Waals surface area contributed by atoms with Crippen molar-refractivity contribution < 1.29 is 14.7 Å². The van der Waals surface area contributed by atoms with Crippen LogP contribution in [0.1, 0.15) is 21.0 Å². The summed E-state index contributed by atoms with van der Waals surface area (Å²) in [7, 11) is 0. The standard InChI is InChI=1S/C8H8N2O3/c9-4-7(11)5-2-1-3-6(10-5)8(12)13/h1-3H,4,9H2,(H,12,13). The second kappa shape index (κ2) is 3.77. The summed E-state index contributed by atoms with van der Waals surface area (Å²) in [5.74, 6) is -1.53. The summed E-state index contributed by atoms with van der Waals surface area (Å²) in [6.45, 7) is -0.171. The van der Waals surface area contributed by atoms with Crippen molar-refractivity contribution in [1.29, 1.82) is 0 Å². The van der Waals surface area contributed by atoms with Gasteiger partial charge in [0.15, 0.2) is 5.78 Å². The predicted molar refractivity (Wildman–Crippen MR) is 44.6 cm³/mol. The van der Waals surface area contributed by atoms with E-state index in [0.717, 1.165) is 0 Å². The lowest BCUT2D eigenvalue weighted by molar-refractivity contribution is 0.0690. The molecule has 0 amide bonds. The van der Waals surface area contributed by atoms with Crippen LogP contribution in [0.15, 0.2) is 18.2 Å². The van der Waals surface area contributed by atoms with Gasteiger partial charge in [0.25, 0.3) is 0 Å². The van der Waals surface area contributed by atoms with Crippen molar-refractivity contribution in [1.82, 2.24) is 4.98 Å². The summed E-state index contributed by atoms with van der Waals surface area (Å²) in [6, 6.07) is 4.20. The maximum atomic E-state index is 11.0. The van der Waals surface area contributed by atoms with E-state index in [-0.39, 0.29) is 23.7 Å². The molecule has 0 aliphatic carbocycles. The number of pyridine rings is 1. The number of hydrogen-bond donors (Lipinski definition) is 2. The fourth-order valence-electron chi connectivity index (χ4n) is 0.814. The third-order valence-corrected chi connectivity index (χ3v) is 1.44. The Kier molecular flexibility index (Phi) is 2.71. The van der Waals surface area contributed by atoms with E-state index in [0.29, 0.717) is 0 Å². The molecule has 1 aromatic rings. The minimum atomic E-state index is -1.16. The number of nitrogens with zero attached hydrogens (tertiary/aromatic N) is 1. The van der Waals surface area contributed by atoms with E-state index < -0.39 is 5.97 Å². The van der Waals surface area contributed by atoms with Crippen LogP contribution in [0.2, 0.25) is 0 Å². The van der Waals surface area contributed by atoms with Gasteiger partial charge in [-0.25, -0.2) is 9.78 Å². The molecule has 0 aromatic carbocycles. The molecule has 0 spiro atoms. The van der Waals surface area contributed by atoms with E-state index in [1.807, 2.05) is 0 Å². The molecule has 3 N–H and O–H groups in total. The number of Topliss-reactive ketones (excluding diaryl/α,β-unsaturated/α-hetero) is 1.